The van der Waals surface area contributed by atoms with Crippen molar-refractivity contribution in [1.82, 2.24) is 0 Å². The van der Waals surface area contributed by atoms with Gasteiger partial charge in [0.2, 0.25) is 10.0 Å². The second-order valence-corrected chi connectivity index (χ2v) is 8.44. The molecule has 0 saturated carbocycles. The van der Waals surface area contributed by atoms with Crippen LogP contribution < -0.4 is 4.72 Å². The van der Waals surface area contributed by atoms with E-state index in [1.54, 1.807) is 0 Å². The SMILES string of the molecule is Cc1cc(C)c(NS(=O)(=O)CC(C)(C)C)c(Br)c1. The van der Waals surface area contributed by atoms with Crippen molar-refractivity contribution in [2.24, 2.45) is 5.41 Å². The Labute approximate surface area is 118 Å². The summed E-state index contributed by atoms with van der Waals surface area (Å²) in [5.74, 6) is 0.0970. The molecule has 0 amide bonds. The summed E-state index contributed by atoms with van der Waals surface area (Å²) in [4.78, 5) is 0. The van der Waals surface area contributed by atoms with E-state index in [-0.39, 0.29) is 11.2 Å². The van der Waals surface area contributed by atoms with Crippen molar-refractivity contribution in [2.75, 3.05) is 10.5 Å². The Bertz CT molecular complexity index is 522. The summed E-state index contributed by atoms with van der Waals surface area (Å²) in [6.45, 7) is 9.59. The molecular weight excluding hydrogens is 314 g/mol. The number of benzene rings is 1. The number of halogens is 1. The maximum absolute atomic E-state index is 12.1. The van der Waals surface area contributed by atoms with E-state index in [0.29, 0.717) is 5.69 Å². The van der Waals surface area contributed by atoms with Crippen LogP contribution in [0, 0.1) is 19.3 Å². The van der Waals surface area contributed by atoms with Crippen LogP contribution >= 0.6 is 15.9 Å². The lowest BCUT2D eigenvalue weighted by Gasteiger charge is -2.20. The Morgan fingerprint density at radius 3 is 2.22 bits per heavy atom. The average molecular weight is 334 g/mol. The van der Waals surface area contributed by atoms with Crippen molar-refractivity contribution in [1.29, 1.82) is 0 Å². The summed E-state index contributed by atoms with van der Waals surface area (Å²) < 4.78 is 27.6. The third-order valence-corrected chi connectivity index (χ3v) is 4.70. The first-order valence-electron chi connectivity index (χ1n) is 5.77. The topological polar surface area (TPSA) is 46.2 Å². The van der Waals surface area contributed by atoms with Gasteiger partial charge in [-0.15, -0.1) is 0 Å². The molecule has 0 unspecified atom stereocenters. The lowest BCUT2D eigenvalue weighted by molar-refractivity contribution is 0.463. The number of nitrogens with one attached hydrogen (secondary N) is 1. The molecule has 0 aliphatic rings. The maximum atomic E-state index is 12.1. The summed E-state index contributed by atoms with van der Waals surface area (Å²) in [5.41, 5.74) is 2.37. The molecule has 0 atom stereocenters. The fourth-order valence-electron chi connectivity index (χ4n) is 1.81. The van der Waals surface area contributed by atoms with Crippen LogP contribution in [0.1, 0.15) is 31.9 Å². The first-order chi connectivity index (χ1) is 8.00. The molecule has 1 aromatic carbocycles. The molecule has 0 radical (unpaired) electrons. The number of sulfonamides is 1. The fraction of sp³-hybridized carbons (Fsp3) is 0.538. The van der Waals surface area contributed by atoms with Crippen molar-refractivity contribution in [3.63, 3.8) is 0 Å². The van der Waals surface area contributed by atoms with Gasteiger partial charge in [0.25, 0.3) is 0 Å². The highest BCUT2D eigenvalue weighted by atomic mass is 79.9. The first kappa shape index (κ1) is 15.5. The summed E-state index contributed by atoms with van der Waals surface area (Å²) in [6.07, 6.45) is 0. The molecule has 102 valence electrons. The highest BCUT2D eigenvalue weighted by Gasteiger charge is 2.22. The molecule has 18 heavy (non-hydrogen) atoms. The Morgan fingerprint density at radius 2 is 1.78 bits per heavy atom. The van der Waals surface area contributed by atoms with Gasteiger partial charge in [-0.3, -0.25) is 4.72 Å². The number of hydrogen-bond donors (Lipinski definition) is 1. The molecule has 1 aromatic rings. The minimum absolute atomic E-state index is 0.0970. The second-order valence-electron chi connectivity index (χ2n) is 5.86. The van der Waals surface area contributed by atoms with E-state index in [1.807, 2.05) is 46.8 Å². The Morgan fingerprint density at radius 1 is 1.22 bits per heavy atom. The summed E-state index contributed by atoms with van der Waals surface area (Å²) in [5, 5.41) is 0. The van der Waals surface area contributed by atoms with Gasteiger partial charge in [-0.25, -0.2) is 8.42 Å². The molecule has 1 rings (SSSR count). The summed E-state index contributed by atoms with van der Waals surface area (Å²) >= 11 is 3.40. The zero-order valence-corrected chi connectivity index (χ0v) is 13.9. The van der Waals surface area contributed by atoms with Gasteiger partial charge in [0.1, 0.15) is 0 Å². The lowest BCUT2D eigenvalue weighted by Crippen LogP contribution is -2.26. The molecule has 0 saturated heterocycles. The van der Waals surface area contributed by atoms with Crippen molar-refractivity contribution in [3.8, 4) is 0 Å². The normalized spacial score (nSPS) is 12.6. The highest BCUT2D eigenvalue weighted by Crippen LogP contribution is 2.29. The zero-order valence-electron chi connectivity index (χ0n) is 11.5. The summed E-state index contributed by atoms with van der Waals surface area (Å²) in [6, 6.07) is 3.86. The van der Waals surface area contributed by atoms with Crippen LogP contribution in [0.5, 0.6) is 0 Å². The summed E-state index contributed by atoms with van der Waals surface area (Å²) in [7, 11) is -3.33. The van der Waals surface area contributed by atoms with Crippen molar-refractivity contribution in [3.05, 3.63) is 27.7 Å². The predicted molar refractivity (Wildman–Crippen MR) is 80.5 cm³/mol. The Hall–Kier alpha value is -0.550. The standard InChI is InChI=1S/C13H20BrNO2S/c1-9-6-10(2)12(11(14)7-9)15-18(16,17)8-13(3,4)5/h6-7,15H,8H2,1-5H3. The smallest absolute Gasteiger partial charge is 0.233 e. The number of aryl methyl sites for hydroxylation is 2. The van der Waals surface area contributed by atoms with Crippen molar-refractivity contribution < 1.29 is 8.42 Å². The van der Waals surface area contributed by atoms with Gasteiger partial charge >= 0.3 is 0 Å². The molecule has 0 aliphatic heterocycles. The van der Waals surface area contributed by atoms with Crippen LogP contribution in [0.25, 0.3) is 0 Å². The molecule has 0 heterocycles. The maximum Gasteiger partial charge on any atom is 0.233 e. The molecule has 5 heteroatoms. The number of hydrogen-bond acceptors (Lipinski definition) is 2. The van der Waals surface area contributed by atoms with Gasteiger partial charge in [0.15, 0.2) is 0 Å². The van der Waals surface area contributed by atoms with E-state index in [1.165, 1.54) is 0 Å². The van der Waals surface area contributed by atoms with E-state index in [2.05, 4.69) is 20.7 Å². The van der Waals surface area contributed by atoms with Crippen LogP contribution in [-0.2, 0) is 10.0 Å². The predicted octanol–water partition coefficient (Wildman–Crippen LogP) is 3.85. The monoisotopic (exact) mass is 333 g/mol. The molecule has 0 bridgehead atoms. The third kappa shape index (κ3) is 4.61. The van der Waals surface area contributed by atoms with E-state index < -0.39 is 10.0 Å². The quantitative estimate of drug-likeness (QED) is 0.912. The van der Waals surface area contributed by atoms with Gasteiger partial charge in [-0.1, -0.05) is 26.8 Å². The Balaban J connectivity index is 3.06. The van der Waals surface area contributed by atoms with E-state index in [0.717, 1.165) is 15.6 Å². The molecule has 0 aliphatic carbocycles. The highest BCUT2D eigenvalue weighted by molar-refractivity contribution is 9.10. The average Bonchev–Trinajstić information content (AvgIpc) is 2.07. The van der Waals surface area contributed by atoms with Gasteiger partial charge in [0.05, 0.1) is 11.4 Å². The fourth-order valence-corrected chi connectivity index (χ4v) is 4.51. The number of anilines is 1. The van der Waals surface area contributed by atoms with Crippen molar-refractivity contribution >= 4 is 31.6 Å². The first-order valence-corrected chi connectivity index (χ1v) is 8.22. The van der Waals surface area contributed by atoms with E-state index >= 15 is 0 Å². The van der Waals surface area contributed by atoms with Crippen molar-refractivity contribution in [2.45, 2.75) is 34.6 Å². The van der Waals surface area contributed by atoms with Gasteiger partial charge in [0, 0.05) is 4.47 Å². The van der Waals surface area contributed by atoms with Crippen LogP contribution in [0.4, 0.5) is 5.69 Å². The minimum Gasteiger partial charge on any atom is -0.282 e. The minimum atomic E-state index is -3.33. The van der Waals surface area contributed by atoms with Crippen LogP contribution in [0.15, 0.2) is 16.6 Å². The van der Waals surface area contributed by atoms with Gasteiger partial charge in [-0.2, -0.15) is 0 Å². The van der Waals surface area contributed by atoms with Crippen LogP contribution in [0.2, 0.25) is 0 Å². The van der Waals surface area contributed by atoms with Crippen LogP contribution in [0.3, 0.4) is 0 Å². The van der Waals surface area contributed by atoms with E-state index in [4.69, 9.17) is 0 Å². The van der Waals surface area contributed by atoms with Gasteiger partial charge in [-0.05, 0) is 52.4 Å². The largest absolute Gasteiger partial charge is 0.282 e. The van der Waals surface area contributed by atoms with E-state index in [9.17, 15) is 8.42 Å². The number of rotatable bonds is 3. The molecule has 0 fully saturated rings. The Kier molecular flexibility index (Phi) is 4.49. The van der Waals surface area contributed by atoms with Gasteiger partial charge < -0.3 is 0 Å². The van der Waals surface area contributed by atoms with Crippen LogP contribution in [-0.4, -0.2) is 14.2 Å². The molecule has 1 N–H and O–H groups in total. The lowest BCUT2D eigenvalue weighted by atomic mass is 10.0. The zero-order chi connectivity index (χ0) is 14.1. The second kappa shape index (κ2) is 5.21. The molecule has 0 spiro atoms. The molecule has 3 nitrogen and oxygen atoms in total. The molecule has 0 aromatic heterocycles. The molecular formula is C13H20BrNO2S. The third-order valence-electron chi connectivity index (χ3n) is 2.31.